The molecular weight excluding hydrogens is 230 g/mol. The monoisotopic (exact) mass is 251 g/mol. The molecule has 2 rings (SSSR count). The van der Waals surface area contributed by atoms with Gasteiger partial charge >= 0.3 is 0 Å². The molecule has 18 heavy (non-hydrogen) atoms. The molecule has 0 atom stereocenters. The largest absolute Gasteiger partial charge is 0.491 e. The zero-order valence-electron chi connectivity index (χ0n) is 11.0. The first kappa shape index (κ1) is 13.2. The standard InChI is InChI=1S/C14H21NO3/c1-10-7-12(8-11(2)13(10)15)18-9-14(16)3-5-17-6-4-14/h7-8,16H,3-6,9,15H2,1-2H3. The highest BCUT2D eigenvalue weighted by atomic mass is 16.5. The van der Waals surface area contributed by atoms with Crippen molar-refractivity contribution >= 4 is 5.69 Å². The molecule has 0 radical (unpaired) electrons. The smallest absolute Gasteiger partial charge is 0.120 e. The minimum Gasteiger partial charge on any atom is -0.491 e. The van der Waals surface area contributed by atoms with Crippen LogP contribution in [0.2, 0.25) is 0 Å². The molecular formula is C14H21NO3. The summed E-state index contributed by atoms with van der Waals surface area (Å²) in [7, 11) is 0. The van der Waals surface area contributed by atoms with E-state index in [1.807, 2.05) is 26.0 Å². The van der Waals surface area contributed by atoms with Gasteiger partial charge < -0.3 is 20.3 Å². The molecule has 0 unspecified atom stereocenters. The minimum atomic E-state index is -0.762. The molecule has 1 aliphatic rings. The van der Waals surface area contributed by atoms with Crippen molar-refractivity contribution in [2.75, 3.05) is 25.6 Å². The lowest BCUT2D eigenvalue weighted by Crippen LogP contribution is -2.41. The summed E-state index contributed by atoms with van der Waals surface area (Å²) < 4.78 is 10.9. The van der Waals surface area contributed by atoms with Gasteiger partial charge in [-0.05, 0) is 37.1 Å². The predicted molar refractivity (Wildman–Crippen MR) is 70.8 cm³/mol. The van der Waals surface area contributed by atoms with Crippen LogP contribution >= 0.6 is 0 Å². The topological polar surface area (TPSA) is 64.7 Å². The molecule has 1 aromatic carbocycles. The van der Waals surface area contributed by atoms with E-state index in [9.17, 15) is 5.11 Å². The molecule has 1 saturated heterocycles. The van der Waals surface area contributed by atoms with Crippen molar-refractivity contribution < 1.29 is 14.6 Å². The summed E-state index contributed by atoms with van der Waals surface area (Å²) in [5.41, 5.74) is 7.94. The van der Waals surface area contributed by atoms with Crippen molar-refractivity contribution in [2.24, 2.45) is 0 Å². The van der Waals surface area contributed by atoms with Crippen molar-refractivity contribution in [3.05, 3.63) is 23.3 Å². The molecule has 0 bridgehead atoms. The highest BCUT2D eigenvalue weighted by molar-refractivity contribution is 5.56. The van der Waals surface area contributed by atoms with Crippen molar-refractivity contribution in [3.8, 4) is 5.75 Å². The van der Waals surface area contributed by atoms with Crippen LogP contribution in [0.3, 0.4) is 0 Å². The van der Waals surface area contributed by atoms with Crippen LogP contribution in [0.5, 0.6) is 5.75 Å². The van der Waals surface area contributed by atoms with Gasteiger partial charge in [0, 0.05) is 31.7 Å². The number of nitrogen functional groups attached to an aromatic ring is 1. The fraction of sp³-hybridized carbons (Fsp3) is 0.571. The zero-order valence-corrected chi connectivity index (χ0v) is 11.0. The third-order valence-corrected chi connectivity index (χ3v) is 3.50. The Morgan fingerprint density at radius 1 is 1.28 bits per heavy atom. The Morgan fingerprint density at radius 3 is 2.39 bits per heavy atom. The molecule has 1 aromatic rings. The molecule has 4 nitrogen and oxygen atoms in total. The molecule has 0 amide bonds. The van der Waals surface area contributed by atoms with Gasteiger partial charge in [-0.1, -0.05) is 0 Å². The van der Waals surface area contributed by atoms with Gasteiger partial charge in [-0.15, -0.1) is 0 Å². The lowest BCUT2D eigenvalue weighted by Gasteiger charge is -2.31. The fourth-order valence-electron chi connectivity index (χ4n) is 2.13. The normalized spacial score (nSPS) is 18.6. The van der Waals surface area contributed by atoms with Gasteiger partial charge in [0.1, 0.15) is 18.0 Å². The van der Waals surface area contributed by atoms with E-state index in [1.165, 1.54) is 0 Å². The first-order chi connectivity index (χ1) is 8.50. The Labute approximate surface area is 108 Å². The fourth-order valence-corrected chi connectivity index (χ4v) is 2.13. The molecule has 100 valence electrons. The average molecular weight is 251 g/mol. The summed E-state index contributed by atoms with van der Waals surface area (Å²) in [6, 6.07) is 3.82. The lowest BCUT2D eigenvalue weighted by atomic mass is 9.96. The summed E-state index contributed by atoms with van der Waals surface area (Å²) in [6.07, 6.45) is 1.25. The van der Waals surface area contributed by atoms with Crippen LogP contribution in [0, 0.1) is 13.8 Å². The van der Waals surface area contributed by atoms with Crippen molar-refractivity contribution in [3.63, 3.8) is 0 Å². The molecule has 1 aliphatic heterocycles. The second kappa shape index (κ2) is 5.16. The molecule has 0 saturated carbocycles. The summed E-state index contributed by atoms with van der Waals surface area (Å²) >= 11 is 0. The quantitative estimate of drug-likeness (QED) is 0.804. The summed E-state index contributed by atoms with van der Waals surface area (Å²) in [5.74, 6) is 0.763. The first-order valence-corrected chi connectivity index (χ1v) is 6.30. The SMILES string of the molecule is Cc1cc(OCC2(O)CCOCC2)cc(C)c1N. The first-order valence-electron chi connectivity index (χ1n) is 6.30. The average Bonchev–Trinajstić information content (AvgIpc) is 2.34. The Balaban J connectivity index is 2.01. The minimum absolute atomic E-state index is 0.305. The highest BCUT2D eigenvalue weighted by Gasteiger charge is 2.30. The third kappa shape index (κ3) is 2.94. The van der Waals surface area contributed by atoms with Gasteiger partial charge in [-0.3, -0.25) is 0 Å². The van der Waals surface area contributed by atoms with Gasteiger partial charge in [0.25, 0.3) is 0 Å². The van der Waals surface area contributed by atoms with Gasteiger partial charge in [0.2, 0.25) is 0 Å². The van der Waals surface area contributed by atoms with E-state index in [0.29, 0.717) is 32.7 Å². The van der Waals surface area contributed by atoms with Crippen LogP contribution in [0.4, 0.5) is 5.69 Å². The van der Waals surface area contributed by atoms with E-state index in [1.54, 1.807) is 0 Å². The molecule has 3 N–H and O–H groups in total. The maximum absolute atomic E-state index is 10.3. The molecule has 0 aromatic heterocycles. The van der Waals surface area contributed by atoms with Crippen LogP contribution < -0.4 is 10.5 Å². The number of rotatable bonds is 3. The van der Waals surface area contributed by atoms with E-state index < -0.39 is 5.60 Å². The van der Waals surface area contributed by atoms with Crippen molar-refractivity contribution in [1.82, 2.24) is 0 Å². The number of ether oxygens (including phenoxy) is 2. The van der Waals surface area contributed by atoms with E-state index in [4.69, 9.17) is 15.2 Å². The van der Waals surface area contributed by atoms with Gasteiger partial charge in [0.05, 0.1) is 0 Å². The maximum atomic E-state index is 10.3. The van der Waals surface area contributed by atoms with Crippen LogP contribution in [-0.2, 0) is 4.74 Å². The Hall–Kier alpha value is -1.26. The van der Waals surface area contributed by atoms with E-state index in [2.05, 4.69) is 0 Å². The Morgan fingerprint density at radius 2 is 1.83 bits per heavy atom. The maximum Gasteiger partial charge on any atom is 0.120 e. The van der Waals surface area contributed by atoms with E-state index in [-0.39, 0.29) is 0 Å². The second-order valence-electron chi connectivity index (χ2n) is 5.10. The van der Waals surface area contributed by atoms with E-state index >= 15 is 0 Å². The number of nitrogens with two attached hydrogens (primary N) is 1. The number of hydrogen-bond donors (Lipinski definition) is 2. The predicted octanol–water partition coefficient (Wildman–Crippen LogP) is 1.81. The molecule has 4 heteroatoms. The number of benzene rings is 1. The molecule has 1 heterocycles. The number of aryl methyl sites for hydroxylation is 2. The summed E-state index contributed by atoms with van der Waals surface area (Å²) in [6.45, 7) is 5.41. The van der Waals surface area contributed by atoms with Gasteiger partial charge in [-0.2, -0.15) is 0 Å². The van der Waals surface area contributed by atoms with Crippen molar-refractivity contribution in [2.45, 2.75) is 32.3 Å². The van der Waals surface area contributed by atoms with Crippen LogP contribution in [0.25, 0.3) is 0 Å². The van der Waals surface area contributed by atoms with Crippen LogP contribution in [0.1, 0.15) is 24.0 Å². The molecule has 1 fully saturated rings. The van der Waals surface area contributed by atoms with E-state index in [0.717, 1.165) is 22.6 Å². The van der Waals surface area contributed by atoms with Crippen LogP contribution in [0.15, 0.2) is 12.1 Å². The highest BCUT2D eigenvalue weighted by Crippen LogP contribution is 2.26. The Kier molecular flexibility index (Phi) is 3.78. The number of aliphatic hydroxyl groups is 1. The molecule has 0 spiro atoms. The Bertz CT molecular complexity index is 402. The summed E-state index contributed by atoms with van der Waals surface area (Å²) in [5, 5.41) is 10.3. The number of hydrogen-bond acceptors (Lipinski definition) is 4. The number of anilines is 1. The summed E-state index contributed by atoms with van der Waals surface area (Å²) in [4.78, 5) is 0. The van der Waals surface area contributed by atoms with Crippen molar-refractivity contribution in [1.29, 1.82) is 0 Å². The second-order valence-corrected chi connectivity index (χ2v) is 5.10. The van der Waals surface area contributed by atoms with Gasteiger partial charge in [-0.25, -0.2) is 0 Å². The van der Waals surface area contributed by atoms with Crippen LogP contribution in [-0.4, -0.2) is 30.5 Å². The zero-order chi connectivity index (χ0) is 13.2. The third-order valence-electron chi connectivity index (χ3n) is 3.50. The lowest BCUT2D eigenvalue weighted by molar-refractivity contribution is -0.0855. The van der Waals surface area contributed by atoms with Gasteiger partial charge in [0.15, 0.2) is 0 Å². The molecule has 0 aliphatic carbocycles.